The summed E-state index contributed by atoms with van der Waals surface area (Å²) in [5.41, 5.74) is 2.48. The highest BCUT2D eigenvalue weighted by Crippen LogP contribution is 2.35. The minimum Gasteiger partial charge on any atom is -0.497 e. The minimum atomic E-state index is -0.359. The van der Waals surface area contributed by atoms with E-state index in [0.717, 1.165) is 72.9 Å². The zero-order valence-electron chi connectivity index (χ0n) is 22.5. The van der Waals surface area contributed by atoms with Crippen molar-refractivity contribution < 1.29 is 9.47 Å². The first-order valence-corrected chi connectivity index (χ1v) is 13.8. The van der Waals surface area contributed by atoms with Crippen LogP contribution in [0.2, 0.25) is 0 Å². The van der Waals surface area contributed by atoms with Gasteiger partial charge in [0.25, 0.3) is 5.56 Å². The summed E-state index contributed by atoms with van der Waals surface area (Å²) >= 11 is 0. The number of aromatic nitrogens is 5. The summed E-state index contributed by atoms with van der Waals surface area (Å²) in [4.78, 5) is 21.4. The number of aromatic amines is 1. The van der Waals surface area contributed by atoms with E-state index in [4.69, 9.17) is 9.47 Å². The molecule has 0 radical (unpaired) electrons. The first kappa shape index (κ1) is 25.4. The lowest BCUT2D eigenvalue weighted by Crippen LogP contribution is -2.49. The van der Waals surface area contributed by atoms with Crippen LogP contribution in [0.1, 0.15) is 56.1 Å². The van der Waals surface area contributed by atoms with Crippen LogP contribution in [0.15, 0.2) is 53.3 Å². The fourth-order valence-electron chi connectivity index (χ4n) is 5.98. The number of nitrogens with one attached hydrogen (secondary N) is 1. The van der Waals surface area contributed by atoms with E-state index in [-0.39, 0.29) is 17.6 Å². The molecule has 3 heterocycles. The lowest BCUT2D eigenvalue weighted by molar-refractivity contribution is 0.197. The summed E-state index contributed by atoms with van der Waals surface area (Å²) in [7, 11) is 1.68. The molecular formula is C29H35N7O3. The van der Waals surface area contributed by atoms with E-state index in [9.17, 15) is 4.79 Å². The molecule has 6 rings (SSSR count). The third-order valence-electron chi connectivity index (χ3n) is 8.00. The van der Waals surface area contributed by atoms with Gasteiger partial charge in [0.2, 0.25) is 0 Å². The molecule has 1 N–H and O–H groups in total. The molecule has 0 amide bonds. The maximum Gasteiger partial charge on any atom is 0.253 e. The number of tetrazole rings is 1. The summed E-state index contributed by atoms with van der Waals surface area (Å²) in [6.07, 6.45) is 4.46. The number of benzene rings is 2. The smallest absolute Gasteiger partial charge is 0.253 e. The molecule has 1 saturated heterocycles. The molecule has 2 fully saturated rings. The highest BCUT2D eigenvalue weighted by atomic mass is 16.5. The maximum atomic E-state index is 13.6. The van der Waals surface area contributed by atoms with Crippen molar-refractivity contribution >= 4 is 16.6 Å². The van der Waals surface area contributed by atoms with Crippen LogP contribution in [0, 0.1) is 0 Å². The Hall–Kier alpha value is -3.92. The van der Waals surface area contributed by atoms with Crippen molar-refractivity contribution in [2.24, 2.45) is 0 Å². The Morgan fingerprint density at radius 1 is 1.00 bits per heavy atom. The Kier molecular flexibility index (Phi) is 7.19. The summed E-state index contributed by atoms with van der Waals surface area (Å²) < 4.78 is 13.0. The van der Waals surface area contributed by atoms with Crippen LogP contribution in [0.4, 0.5) is 5.69 Å². The Morgan fingerprint density at radius 2 is 1.74 bits per heavy atom. The van der Waals surface area contributed by atoms with Crippen molar-refractivity contribution in [1.29, 1.82) is 0 Å². The van der Waals surface area contributed by atoms with Gasteiger partial charge in [0, 0.05) is 48.3 Å². The number of rotatable bonds is 8. The molecule has 1 aliphatic carbocycles. The topological polar surface area (TPSA) is 101 Å². The third-order valence-corrected chi connectivity index (χ3v) is 8.00. The van der Waals surface area contributed by atoms with Gasteiger partial charge in [-0.15, -0.1) is 5.10 Å². The van der Waals surface area contributed by atoms with Gasteiger partial charge in [-0.1, -0.05) is 12.8 Å². The van der Waals surface area contributed by atoms with Crippen molar-refractivity contribution in [2.75, 3.05) is 44.8 Å². The highest BCUT2D eigenvalue weighted by Gasteiger charge is 2.34. The second kappa shape index (κ2) is 11.1. The summed E-state index contributed by atoms with van der Waals surface area (Å²) in [6, 6.07) is 15.8. The standard InChI is InChI=1S/C29H35N7O3/c1-3-39-24-12-13-26-20(18-24)19-25(29(37)30-26)27(28-31-32-33-36(28)22-6-4-5-7-22)35-16-14-34(15-17-35)21-8-10-23(38-2)11-9-21/h8-13,18-19,22,27H,3-7,14-17H2,1-2H3,(H,30,37)/t27-/m1/s1. The lowest BCUT2D eigenvalue weighted by Gasteiger charge is -2.39. The highest BCUT2D eigenvalue weighted by molar-refractivity contribution is 5.80. The van der Waals surface area contributed by atoms with Gasteiger partial charge in [-0.3, -0.25) is 9.69 Å². The summed E-state index contributed by atoms with van der Waals surface area (Å²) in [5, 5.41) is 14.0. The van der Waals surface area contributed by atoms with Gasteiger partial charge < -0.3 is 19.4 Å². The molecule has 0 spiro atoms. The predicted octanol–water partition coefficient (Wildman–Crippen LogP) is 3.95. The largest absolute Gasteiger partial charge is 0.497 e. The van der Waals surface area contributed by atoms with E-state index in [1.54, 1.807) is 7.11 Å². The Balaban J connectivity index is 1.36. The molecule has 0 unspecified atom stereocenters. The van der Waals surface area contributed by atoms with Crippen LogP contribution < -0.4 is 19.9 Å². The molecule has 4 aromatic rings. The maximum absolute atomic E-state index is 13.6. The minimum absolute atomic E-state index is 0.116. The number of anilines is 1. The number of piperazine rings is 1. The third kappa shape index (κ3) is 5.08. The molecule has 39 heavy (non-hydrogen) atoms. The van der Waals surface area contributed by atoms with Gasteiger partial charge in [0.15, 0.2) is 5.82 Å². The Morgan fingerprint density at radius 3 is 2.46 bits per heavy atom. The van der Waals surface area contributed by atoms with Gasteiger partial charge in [-0.2, -0.15) is 0 Å². The first-order chi connectivity index (χ1) is 19.1. The predicted molar refractivity (Wildman–Crippen MR) is 150 cm³/mol. The van der Waals surface area contributed by atoms with Crippen LogP contribution in [-0.2, 0) is 0 Å². The fourth-order valence-corrected chi connectivity index (χ4v) is 5.98. The van der Waals surface area contributed by atoms with Crippen molar-refractivity contribution in [2.45, 2.75) is 44.7 Å². The number of nitrogens with zero attached hydrogens (tertiary/aromatic N) is 6. The fraction of sp³-hybridized carbons (Fsp3) is 0.448. The normalized spacial score (nSPS) is 17.5. The number of methoxy groups -OCH3 is 1. The summed E-state index contributed by atoms with van der Waals surface area (Å²) in [6.45, 7) is 5.74. The van der Waals surface area contributed by atoms with Crippen LogP contribution in [0.25, 0.3) is 10.9 Å². The number of ether oxygens (including phenoxy) is 2. The van der Waals surface area contributed by atoms with E-state index in [2.05, 4.69) is 42.4 Å². The van der Waals surface area contributed by atoms with E-state index in [1.165, 1.54) is 12.8 Å². The van der Waals surface area contributed by atoms with Gasteiger partial charge in [0.1, 0.15) is 17.5 Å². The molecule has 1 saturated carbocycles. The Labute approximate surface area is 227 Å². The van der Waals surface area contributed by atoms with Crippen LogP contribution in [-0.4, -0.2) is 70.0 Å². The van der Waals surface area contributed by atoms with Crippen LogP contribution in [0.3, 0.4) is 0 Å². The second-order valence-electron chi connectivity index (χ2n) is 10.3. The van der Waals surface area contributed by atoms with E-state index in [0.29, 0.717) is 12.2 Å². The quantitative estimate of drug-likeness (QED) is 0.366. The molecule has 10 heteroatoms. The van der Waals surface area contributed by atoms with E-state index >= 15 is 0 Å². The average Bonchev–Trinajstić information content (AvgIpc) is 3.67. The van der Waals surface area contributed by atoms with E-state index in [1.807, 2.05) is 48.0 Å². The number of hydrogen-bond donors (Lipinski definition) is 1. The van der Waals surface area contributed by atoms with Crippen LogP contribution in [0.5, 0.6) is 11.5 Å². The van der Waals surface area contributed by atoms with Gasteiger partial charge >= 0.3 is 0 Å². The summed E-state index contributed by atoms with van der Waals surface area (Å²) in [5.74, 6) is 2.37. The zero-order chi connectivity index (χ0) is 26.8. The zero-order valence-corrected chi connectivity index (χ0v) is 22.5. The molecule has 1 aliphatic heterocycles. The van der Waals surface area contributed by atoms with Crippen molar-refractivity contribution in [3.8, 4) is 11.5 Å². The molecule has 2 aliphatic rings. The average molecular weight is 530 g/mol. The van der Waals surface area contributed by atoms with Crippen molar-refractivity contribution in [3.05, 3.63) is 70.3 Å². The van der Waals surface area contributed by atoms with Gasteiger partial charge in [-0.25, -0.2) is 4.68 Å². The Bertz CT molecular complexity index is 1470. The molecule has 2 aromatic carbocycles. The van der Waals surface area contributed by atoms with Crippen LogP contribution >= 0.6 is 0 Å². The van der Waals surface area contributed by atoms with Crippen molar-refractivity contribution in [3.63, 3.8) is 0 Å². The molecule has 204 valence electrons. The lowest BCUT2D eigenvalue weighted by atomic mass is 10.0. The molecule has 2 aromatic heterocycles. The number of pyridine rings is 1. The number of hydrogen-bond acceptors (Lipinski definition) is 8. The number of fused-ring (bicyclic) bond motifs is 1. The second-order valence-corrected chi connectivity index (χ2v) is 10.3. The van der Waals surface area contributed by atoms with Gasteiger partial charge in [0.05, 0.1) is 19.8 Å². The molecule has 0 bridgehead atoms. The first-order valence-electron chi connectivity index (χ1n) is 13.8. The SMILES string of the molecule is CCOc1ccc2[nH]c(=O)c([C@H](c3nnnn3C3CCCC3)N3CCN(c4ccc(OC)cc4)CC3)cc2c1. The number of H-pyrrole nitrogens is 1. The monoisotopic (exact) mass is 529 g/mol. The van der Waals surface area contributed by atoms with Gasteiger partial charge in [-0.05, 0) is 78.7 Å². The van der Waals surface area contributed by atoms with Crippen molar-refractivity contribution in [1.82, 2.24) is 30.1 Å². The van der Waals surface area contributed by atoms with E-state index < -0.39 is 0 Å². The molecule has 10 nitrogen and oxygen atoms in total. The molecule has 1 atom stereocenters. The molecular weight excluding hydrogens is 494 g/mol.